The van der Waals surface area contributed by atoms with Crippen LogP contribution in [0.25, 0.3) is 0 Å². The van der Waals surface area contributed by atoms with E-state index in [1.807, 2.05) is 6.92 Å². The quantitative estimate of drug-likeness (QED) is 0.835. The fourth-order valence-corrected chi connectivity index (χ4v) is 3.32. The minimum Gasteiger partial charge on any atom is -0.490 e. The molecule has 0 spiro atoms. The second-order valence-corrected chi connectivity index (χ2v) is 6.67. The maximum Gasteiger partial charge on any atom is 0.257 e. The van der Waals surface area contributed by atoms with Gasteiger partial charge in [-0.15, -0.1) is 0 Å². The molecule has 0 aliphatic carbocycles. The van der Waals surface area contributed by atoms with Gasteiger partial charge < -0.3 is 15.4 Å². The molecule has 2 aromatic rings. The van der Waals surface area contributed by atoms with Gasteiger partial charge in [0.15, 0.2) is 0 Å². The predicted molar refractivity (Wildman–Crippen MR) is 96.5 cm³/mol. The molecule has 7 nitrogen and oxygen atoms in total. The molecule has 2 heterocycles. The number of aryl methyl sites for hydroxylation is 1. The lowest BCUT2D eigenvalue weighted by molar-refractivity contribution is -0.120. The summed E-state index contributed by atoms with van der Waals surface area (Å²) in [4.78, 5) is 25.9. The number of aromatic nitrogens is 2. The molecule has 0 radical (unpaired) electrons. The highest BCUT2D eigenvalue weighted by Gasteiger charge is 2.34. The minimum atomic E-state index is -0.444. The van der Waals surface area contributed by atoms with Gasteiger partial charge in [-0.25, -0.2) is 4.39 Å². The SMILES string of the molecule is CCn1cc(C(=O)N2CC[C@H](Oc3ccc(F)cc3)[C@@H](CC(N)=O)C2)cn1. The van der Waals surface area contributed by atoms with Gasteiger partial charge >= 0.3 is 0 Å². The molecule has 8 heteroatoms. The molecule has 0 saturated carbocycles. The number of nitrogens with two attached hydrogens (primary N) is 1. The first-order chi connectivity index (χ1) is 13.0. The number of piperidine rings is 1. The summed E-state index contributed by atoms with van der Waals surface area (Å²) in [6.07, 6.45) is 3.67. The van der Waals surface area contributed by atoms with Gasteiger partial charge in [-0.2, -0.15) is 5.10 Å². The van der Waals surface area contributed by atoms with Crippen LogP contribution in [-0.2, 0) is 11.3 Å². The van der Waals surface area contributed by atoms with Crippen molar-refractivity contribution in [3.8, 4) is 5.75 Å². The molecule has 1 aromatic carbocycles. The topological polar surface area (TPSA) is 90.5 Å². The van der Waals surface area contributed by atoms with Crippen molar-refractivity contribution in [3.63, 3.8) is 0 Å². The first-order valence-electron chi connectivity index (χ1n) is 8.98. The van der Waals surface area contributed by atoms with Crippen LogP contribution >= 0.6 is 0 Å². The zero-order valence-corrected chi connectivity index (χ0v) is 15.2. The van der Waals surface area contributed by atoms with Crippen molar-refractivity contribution in [2.24, 2.45) is 11.7 Å². The molecular weight excluding hydrogens is 351 g/mol. The molecule has 2 amide bonds. The van der Waals surface area contributed by atoms with Gasteiger partial charge in [0.2, 0.25) is 5.91 Å². The third-order valence-corrected chi connectivity index (χ3v) is 4.72. The van der Waals surface area contributed by atoms with Crippen LogP contribution in [0, 0.1) is 11.7 Å². The third-order valence-electron chi connectivity index (χ3n) is 4.72. The Hall–Kier alpha value is -2.90. The van der Waals surface area contributed by atoms with Crippen LogP contribution in [-0.4, -0.2) is 45.7 Å². The molecule has 144 valence electrons. The molecule has 1 aliphatic heterocycles. The smallest absolute Gasteiger partial charge is 0.257 e. The number of carbonyl (C=O) groups excluding carboxylic acids is 2. The summed E-state index contributed by atoms with van der Waals surface area (Å²) < 4.78 is 20.7. The van der Waals surface area contributed by atoms with E-state index in [9.17, 15) is 14.0 Å². The fraction of sp³-hybridized carbons (Fsp3) is 0.421. The normalized spacial score (nSPS) is 19.7. The van der Waals surface area contributed by atoms with Gasteiger partial charge in [0.05, 0.1) is 11.8 Å². The molecule has 3 rings (SSSR count). The monoisotopic (exact) mass is 374 g/mol. The molecule has 2 N–H and O–H groups in total. The molecule has 27 heavy (non-hydrogen) atoms. The number of hydrogen-bond acceptors (Lipinski definition) is 4. The van der Waals surface area contributed by atoms with Gasteiger partial charge in [0.1, 0.15) is 17.7 Å². The third kappa shape index (κ3) is 4.64. The predicted octanol–water partition coefficient (Wildman–Crippen LogP) is 1.83. The summed E-state index contributed by atoms with van der Waals surface area (Å²) in [6, 6.07) is 5.74. The Morgan fingerprint density at radius 2 is 2.07 bits per heavy atom. The Morgan fingerprint density at radius 3 is 2.70 bits per heavy atom. The van der Waals surface area contributed by atoms with Crippen molar-refractivity contribution in [2.75, 3.05) is 13.1 Å². The number of hydrogen-bond donors (Lipinski definition) is 1. The number of halogens is 1. The summed E-state index contributed by atoms with van der Waals surface area (Å²) in [6.45, 7) is 3.50. The molecule has 0 bridgehead atoms. The van der Waals surface area contributed by atoms with Crippen LogP contribution in [0.5, 0.6) is 5.75 Å². The number of ether oxygens (including phenoxy) is 1. The van der Waals surface area contributed by atoms with Crippen molar-refractivity contribution in [2.45, 2.75) is 32.4 Å². The van der Waals surface area contributed by atoms with E-state index in [0.29, 0.717) is 37.4 Å². The van der Waals surface area contributed by atoms with E-state index >= 15 is 0 Å². The first kappa shape index (κ1) is 18.9. The lowest BCUT2D eigenvalue weighted by Crippen LogP contribution is -2.49. The maximum atomic E-state index is 13.1. The number of benzene rings is 1. The summed E-state index contributed by atoms with van der Waals surface area (Å²) in [7, 11) is 0. The highest BCUT2D eigenvalue weighted by atomic mass is 19.1. The van der Waals surface area contributed by atoms with Gasteiger partial charge in [-0.05, 0) is 31.2 Å². The molecule has 1 saturated heterocycles. The van der Waals surface area contributed by atoms with Gasteiger partial charge in [-0.3, -0.25) is 14.3 Å². The zero-order chi connectivity index (χ0) is 19.4. The van der Waals surface area contributed by atoms with Gasteiger partial charge in [-0.1, -0.05) is 0 Å². The Bertz CT molecular complexity index is 806. The molecule has 1 aromatic heterocycles. The maximum absolute atomic E-state index is 13.1. The van der Waals surface area contributed by atoms with Crippen molar-refractivity contribution in [1.29, 1.82) is 0 Å². The van der Waals surface area contributed by atoms with Crippen LogP contribution in [0.3, 0.4) is 0 Å². The van der Waals surface area contributed by atoms with E-state index < -0.39 is 5.91 Å². The van der Waals surface area contributed by atoms with Crippen molar-refractivity contribution in [3.05, 3.63) is 48.0 Å². The van der Waals surface area contributed by atoms with Crippen LogP contribution in [0.15, 0.2) is 36.7 Å². The molecule has 0 unspecified atom stereocenters. The Balaban J connectivity index is 1.70. The lowest BCUT2D eigenvalue weighted by atomic mass is 9.90. The number of primary amides is 1. The Morgan fingerprint density at radius 1 is 1.33 bits per heavy atom. The van der Waals surface area contributed by atoms with Crippen LogP contribution in [0.2, 0.25) is 0 Å². The number of carbonyl (C=O) groups is 2. The molecular formula is C19H23FN4O3. The van der Waals surface area contributed by atoms with E-state index in [4.69, 9.17) is 10.5 Å². The van der Waals surface area contributed by atoms with Crippen molar-refractivity contribution >= 4 is 11.8 Å². The average molecular weight is 374 g/mol. The first-order valence-corrected chi connectivity index (χ1v) is 8.98. The van der Waals surface area contributed by atoms with E-state index in [2.05, 4.69) is 5.10 Å². The summed E-state index contributed by atoms with van der Waals surface area (Å²) in [5, 5.41) is 4.14. The number of rotatable bonds is 6. The van der Waals surface area contributed by atoms with Crippen molar-refractivity contribution < 1.29 is 18.7 Å². The Kier molecular flexibility index (Phi) is 5.73. The molecule has 2 atom stereocenters. The van der Waals surface area contributed by atoms with Crippen LogP contribution < -0.4 is 10.5 Å². The van der Waals surface area contributed by atoms with Crippen LogP contribution in [0.4, 0.5) is 4.39 Å². The number of likely N-dealkylation sites (tertiary alicyclic amines) is 1. The van der Waals surface area contributed by atoms with Crippen LogP contribution in [0.1, 0.15) is 30.1 Å². The second-order valence-electron chi connectivity index (χ2n) is 6.67. The summed E-state index contributed by atoms with van der Waals surface area (Å²) in [5.41, 5.74) is 5.91. The largest absolute Gasteiger partial charge is 0.490 e. The average Bonchev–Trinajstić information content (AvgIpc) is 3.13. The van der Waals surface area contributed by atoms with E-state index in [1.54, 1.807) is 34.1 Å². The number of nitrogens with zero attached hydrogens (tertiary/aromatic N) is 3. The van der Waals surface area contributed by atoms with Crippen molar-refractivity contribution in [1.82, 2.24) is 14.7 Å². The fourth-order valence-electron chi connectivity index (χ4n) is 3.32. The molecule has 1 aliphatic rings. The van der Waals surface area contributed by atoms with E-state index in [1.165, 1.54) is 12.1 Å². The van der Waals surface area contributed by atoms with E-state index in [0.717, 1.165) is 0 Å². The van der Waals surface area contributed by atoms with Gasteiger partial charge in [0.25, 0.3) is 5.91 Å². The summed E-state index contributed by atoms with van der Waals surface area (Å²) in [5.74, 6) is -0.611. The highest BCUT2D eigenvalue weighted by molar-refractivity contribution is 5.93. The van der Waals surface area contributed by atoms with E-state index in [-0.39, 0.29) is 30.2 Å². The Labute approximate surface area is 156 Å². The minimum absolute atomic E-state index is 0.115. The number of amides is 2. The standard InChI is InChI=1S/C19H23FN4O3/c1-2-24-12-14(10-22-24)19(26)23-8-7-17(13(11-23)9-18(21)25)27-16-5-3-15(20)4-6-16/h3-6,10,12-13,17H,2,7-9,11H2,1H3,(H2,21,25)/t13-,17-/m0/s1. The zero-order valence-electron chi connectivity index (χ0n) is 15.2. The molecule has 1 fully saturated rings. The summed E-state index contributed by atoms with van der Waals surface area (Å²) >= 11 is 0. The second kappa shape index (κ2) is 8.20. The van der Waals surface area contributed by atoms with Gasteiger partial charge in [0, 0.05) is 44.6 Å². The lowest BCUT2D eigenvalue weighted by Gasteiger charge is -2.38. The highest BCUT2D eigenvalue weighted by Crippen LogP contribution is 2.26.